The van der Waals surface area contributed by atoms with E-state index < -0.39 is 8.32 Å². The monoisotopic (exact) mass is 519 g/mol. The van der Waals surface area contributed by atoms with Crippen LogP contribution in [0.25, 0.3) is 11.5 Å². The molecule has 2 aromatic carbocycles. The molecule has 1 aliphatic heterocycles. The van der Waals surface area contributed by atoms with Crippen LogP contribution in [0.15, 0.2) is 40.8 Å². The SMILES string of the molecule is CC(O[Si](C)(C)C(C)(C)C)C(c1nnc(-c2ccc(C#N)cc2)o1)N1CCc2c1ccc(C#N)c2Cl. The molecule has 0 saturated heterocycles. The number of benzene rings is 2. The molecule has 9 heteroatoms. The van der Waals surface area contributed by atoms with E-state index in [1.54, 1.807) is 30.3 Å². The quantitative estimate of drug-likeness (QED) is 0.336. The number of hydrogen-bond acceptors (Lipinski definition) is 7. The van der Waals surface area contributed by atoms with Gasteiger partial charge in [0.15, 0.2) is 8.32 Å². The topological polar surface area (TPSA) is 99.0 Å². The summed E-state index contributed by atoms with van der Waals surface area (Å²) in [6.07, 6.45) is 0.462. The third-order valence-electron chi connectivity index (χ3n) is 7.27. The Bertz CT molecular complexity index is 1350. The molecule has 186 valence electrons. The maximum Gasteiger partial charge on any atom is 0.247 e. The molecule has 0 radical (unpaired) electrons. The van der Waals surface area contributed by atoms with Crippen LogP contribution >= 0.6 is 11.6 Å². The Kier molecular flexibility index (Phi) is 6.98. The van der Waals surface area contributed by atoms with Gasteiger partial charge in [-0.2, -0.15) is 10.5 Å². The van der Waals surface area contributed by atoms with Crippen molar-refractivity contribution in [1.29, 1.82) is 10.5 Å². The van der Waals surface area contributed by atoms with Crippen molar-refractivity contribution < 1.29 is 8.84 Å². The standard InChI is InChI=1S/C27H30ClN5O2Si/c1-17(35-36(5,6)27(2,3)4)24(33-14-13-21-22(33)12-11-20(16-30)23(21)28)26-32-31-25(34-26)19-9-7-18(15-29)8-10-19/h7-12,17,24H,13-14H2,1-6H3. The molecule has 0 aliphatic carbocycles. The minimum atomic E-state index is -2.12. The van der Waals surface area contributed by atoms with E-state index in [-0.39, 0.29) is 17.2 Å². The second-order valence-corrected chi connectivity index (χ2v) is 15.8. The molecular formula is C27H30ClN5O2Si. The van der Waals surface area contributed by atoms with E-state index in [2.05, 4.69) is 68.0 Å². The van der Waals surface area contributed by atoms with Crippen molar-refractivity contribution in [3.63, 3.8) is 0 Å². The van der Waals surface area contributed by atoms with Gasteiger partial charge in [0.2, 0.25) is 11.8 Å². The van der Waals surface area contributed by atoms with Gasteiger partial charge in [0.05, 0.1) is 28.3 Å². The van der Waals surface area contributed by atoms with Gasteiger partial charge < -0.3 is 13.7 Å². The van der Waals surface area contributed by atoms with Crippen molar-refractivity contribution in [3.8, 4) is 23.6 Å². The highest BCUT2D eigenvalue weighted by molar-refractivity contribution is 6.74. The number of halogens is 1. The van der Waals surface area contributed by atoms with Gasteiger partial charge in [-0.15, -0.1) is 10.2 Å². The Morgan fingerprint density at radius 3 is 2.39 bits per heavy atom. The molecule has 0 bridgehead atoms. The first-order valence-electron chi connectivity index (χ1n) is 12.0. The summed E-state index contributed by atoms with van der Waals surface area (Å²) in [7, 11) is -2.12. The molecule has 1 aliphatic rings. The third kappa shape index (κ3) is 4.77. The minimum absolute atomic E-state index is 0.0300. The van der Waals surface area contributed by atoms with Crippen LogP contribution in [0.2, 0.25) is 23.2 Å². The lowest BCUT2D eigenvalue weighted by Crippen LogP contribution is -2.47. The van der Waals surface area contributed by atoms with Gasteiger partial charge in [-0.25, -0.2) is 0 Å². The lowest BCUT2D eigenvalue weighted by Gasteiger charge is -2.42. The molecule has 7 nitrogen and oxygen atoms in total. The van der Waals surface area contributed by atoms with Gasteiger partial charge in [-0.3, -0.25) is 0 Å². The Morgan fingerprint density at radius 2 is 1.78 bits per heavy atom. The Hall–Kier alpha value is -3.17. The fourth-order valence-corrected chi connectivity index (χ4v) is 6.01. The lowest BCUT2D eigenvalue weighted by molar-refractivity contribution is 0.153. The van der Waals surface area contributed by atoms with E-state index in [0.29, 0.717) is 40.9 Å². The number of anilines is 1. The Balaban J connectivity index is 1.75. The fraction of sp³-hybridized carbons (Fsp3) is 0.407. The highest BCUT2D eigenvalue weighted by Gasteiger charge is 2.43. The second kappa shape index (κ2) is 9.70. The molecule has 0 N–H and O–H groups in total. The summed E-state index contributed by atoms with van der Waals surface area (Å²) in [6.45, 7) is 13.8. The summed E-state index contributed by atoms with van der Waals surface area (Å²) in [4.78, 5) is 2.20. The van der Waals surface area contributed by atoms with Crippen LogP contribution in [0.5, 0.6) is 0 Å². The Morgan fingerprint density at radius 1 is 1.08 bits per heavy atom. The number of hydrogen-bond donors (Lipinski definition) is 0. The summed E-state index contributed by atoms with van der Waals surface area (Å²) < 4.78 is 13.0. The first-order valence-corrected chi connectivity index (χ1v) is 15.3. The molecule has 0 fully saturated rings. The molecule has 2 heterocycles. The van der Waals surface area contributed by atoms with Gasteiger partial charge in [-0.05, 0) is 73.4 Å². The predicted molar refractivity (Wildman–Crippen MR) is 142 cm³/mol. The molecule has 36 heavy (non-hydrogen) atoms. The number of rotatable bonds is 6. The van der Waals surface area contributed by atoms with Crippen LogP contribution in [-0.2, 0) is 10.8 Å². The van der Waals surface area contributed by atoms with Crippen molar-refractivity contribution in [1.82, 2.24) is 10.2 Å². The molecule has 2 unspecified atom stereocenters. The summed E-state index contributed by atoms with van der Waals surface area (Å²) in [6, 6.07) is 14.7. The van der Waals surface area contributed by atoms with Crippen molar-refractivity contribution in [3.05, 3.63) is 64.0 Å². The van der Waals surface area contributed by atoms with Gasteiger partial charge in [0.25, 0.3) is 0 Å². The normalized spacial score (nSPS) is 15.2. The zero-order valence-electron chi connectivity index (χ0n) is 21.5. The molecule has 1 aromatic heterocycles. The van der Waals surface area contributed by atoms with E-state index in [1.807, 2.05) is 6.07 Å². The van der Waals surface area contributed by atoms with Crippen LogP contribution in [0.4, 0.5) is 5.69 Å². The van der Waals surface area contributed by atoms with E-state index in [0.717, 1.165) is 16.8 Å². The zero-order chi connectivity index (χ0) is 26.3. The highest BCUT2D eigenvalue weighted by Crippen LogP contribution is 2.44. The Labute approximate surface area is 218 Å². The first kappa shape index (κ1) is 25.9. The predicted octanol–water partition coefficient (Wildman–Crippen LogP) is 6.65. The lowest BCUT2D eigenvalue weighted by atomic mass is 10.1. The summed E-state index contributed by atoms with van der Waals surface area (Å²) >= 11 is 6.58. The van der Waals surface area contributed by atoms with Gasteiger partial charge in [0, 0.05) is 17.8 Å². The summed E-state index contributed by atoms with van der Waals surface area (Å²) in [5.41, 5.74) is 3.68. The van der Waals surface area contributed by atoms with Gasteiger partial charge in [-0.1, -0.05) is 32.4 Å². The van der Waals surface area contributed by atoms with E-state index in [9.17, 15) is 5.26 Å². The molecule has 0 saturated carbocycles. The molecule has 0 spiro atoms. The van der Waals surface area contributed by atoms with Crippen LogP contribution in [-0.4, -0.2) is 31.2 Å². The maximum absolute atomic E-state index is 9.42. The first-order chi connectivity index (χ1) is 17.0. The minimum Gasteiger partial charge on any atom is -0.418 e. The van der Waals surface area contributed by atoms with Crippen LogP contribution in [0.1, 0.15) is 56.3 Å². The zero-order valence-corrected chi connectivity index (χ0v) is 23.2. The number of fused-ring (bicyclic) bond motifs is 1. The van der Waals surface area contributed by atoms with E-state index in [4.69, 9.17) is 25.7 Å². The molecule has 3 aromatic rings. The second-order valence-electron chi connectivity index (χ2n) is 10.6. The highest BCUT2D eigenvalue weighted by atomic mass is 35.5. The van der Waals surface area contributed by atoms with Gasteiger partial charge in [0.1, 0.15) is 12.1 Å². The third-order valence-corrected chi connectivity index (χ3v) is 12.3. The summed E-state index contributed by atoms with van der Waals surface area (Å²) in [5.74, 6) is 0.838. The van der Waals surface area contributed by atoms with E-state index >= 15 is 0 Å². The van der Waals surface area contributed by atoms with Crippen molar-refractivity contribution in [2.24, 2.45) is 0 Å². The number of aromatic nitrogens is 2. The average Bonchev–Trinajstić information content (AvgIpc) is 3.47. The summed E-state index contributed by atoms with van der Waals surface area (Å²) in [5, 5.41) is 27.8. The smallest absolute Gasteiger partial charge is 0.247 e. The molecule has 4 rings (SSSR count). The average molecular weight is 520 g/mol. The van der Waals surface area contributed by atoms with E-state index in [1.165, 1.54) is 0 Å². The van der Waals surface area contributed by atoms with Crippen molar-refractivity contribution >= 4 is 25.6 Å². The fourth-order valence-electron chi connectivity index (χ4n) is 4.30. The van der Waals surface area contributed by atoms with Gasteiger partial charge >= 0.3 is 0 Å². The van der Waals surface area contributed by atoms with Crippen molar-refractivity contribution in [2.45, 2.75) is 64.4 Å². The largest absolute Gasteiger partial charge is 0.418 e. The number of nitrogens with zero attached hydrogens (tertiary/aromatic N) is 5. The maximum atomic E-state index is 9.42. The van der Waals surface area contributed by atoms with Crippen LogP contribution in [0.3, 0.4) is 0 Å². The molecular weight excluding hydrogens is 490 g/mol. The van der Waals surface area contributed by atoms with Crippen LogP contribution in [0, 0.1) is 22.7 Å². The molecule has 2 atom stereocenters. The van der Waals surface area contributed by atoms with Crippen molar-refractivity contribution in [2.75, 3.05) is 11.4 Å². The van der Waals surface area contributed by atoms with Crippen LogP contribution < -0.4 is 4.90 Å². The number of nitriles is 2. The molecule has 0 amide bonds.